The molecule has 0 N–H and O–H groups in total. The summed E-state index contributed by atoms with van der Waals surface area (Å²) < 4.78 is 0. The SMILES string of the molecule is C=CCC(CCCCCC)C(CC)(CC=C)CCCC. The molecule has 0 heteroatoms. The van der Waals surface area contributed by atoms with E-state index in [1.807, 2.05) is 0 Å². The third kappa shape index (κ3) is 6.77. The molecule has 0 aromatic carbocycles. The van der Waals surface area contributed by atoms with Crippen molar-refractivity contribution in [2.24, 2.45) is 11.3 Å². The fraction of sp³-hybridized carbons (Fsp3) is 0.800. The van der Waals surface area contributed by atoms with Crippen molar-refractivity contribution < 1.29 is 0 Å². The van der Waals surface area contributed by atoms with E-state index in [2.05, 4.69) is 46.1 Å². The lowest BCUT2D eigenvalue weighted by Gasteiger charge is -2.40. The molecule has 0 aliphatic rings. The summed E-state index contributed by atoms with van der Waals surface area (Å²) in [6.45, 7) is 15.0. The fourth-order valence-electron chi connectivity index (χ4n) is 3.59. The van der Waals surface area contributed by atoms with Gasteiger partial charge in [-0.25, -0.2) is 0 Å². The third-order valence-electron chi connectivity index (χ3n) is 5.01. The summed E-state index contributed by atoms with van der Waals surface area (Å²) in [5.74, 6) is 0.798. The molecule has 0 rings (SSSR count). The van der Waals surface area contributed by atoms with E-state index in [9.17, 15) is 0 Å². The van der Waals surface area contributed by atoms with E-state index in [4.69, 9.17) is 0 Å². The van der Waals surface area contributed by atoms with Gasteiger partial charge in [-0.05, 0) is 43.4 Å². The summed E-state index contributed by atoms with van der Waals surface area (Å²) in [4.78, 5) is 0. The summed E-state index contributed by atoms with van der Waals surface area (Å²) in [5, 5.41) is 0. The maximum atomic E-state index is 4.03. The van der Waals surface area contributed by atoms with E-state index >= 15 is 0 Å². The highest BCUT2D eigenvalue weighted by atomic mass is 14.4. The quantitative estimate of drug-likeness (QED) is 0.231. The Hall–Kier alpha value is -0.520. The first-order valence-electron chi connectivity index (χ1n) is 8.92. The molecule has 20 heavy (non-hydrogen) atoms. The van der Waals surface area contributed by atoms with Crippen LogP contribution in [0, 0.1) is 11.3 Å². The molecule has 0 aliphatic heterocycles. The molecule has 0 saturated carbocycles. The Balaban J connectivity index is 4.77. The molecule has 0 saturated heterocycles. The van der Waals surface area contributed by atoms with Gasteiger partial charge in [-0.2, -0.15) is 0 Å². The average molecular weight is 279 g/mol. The first-order chi connectivity index (χ1) is 9.70. The number of hydrogen-bond acceptors (Lipinski definition) is 0. The van der Waals surface area contributed by atoms with Crippen molar-refractivity contribution in [3.05, 3.63) is 25.3 Å². The maximum Gasteiger partial charge on any atom is -0.0234 e. The molecule has 0 amide bonds. The highest BCUT2D eigenvalue weighted by Gasteiger charge is 2.34. The van der Waals surface area contributed by atoms with Crippen molar-refractivity contribution in [2.45, 2.75) is 91.4 Å². The first kappa shape index (κ1) is 19.5. The van der Waals surface area contributed by atoms with Gasteiger partial charge in [0.15, 0.2) is 0 Å². The minimum absolute atomic E-state index is 0.470. The summed E-state index contributed by atoms with van der Waals surface area (Å²) in [7, 11) is 0. The zero-order valence-corrected chi connectivity index (χ0v) is 14.4. The van der Waals surface area contributed by atoms with Gasteiger partial charge in [0.1, 0.15) is 0 Å². The number of hydrogen-bond donors (Lipinski definition) is 0. The molecule has 0 nitrogen and oxygen atoms in total. The van der Waals surface area contributed by atoms with Gasteiger partial charge in [-0.1, -0.05) is 71.4 Å². The van der Waals surface area contributed by atoms with Gasteiger partial charge in [-0.3, -0.25) is 0 Å². The second-order valence-corrected chi connectivity index (χ2v) is 6.38. The Morgan fingerprint density at radius 2 is 1.60 bits per heavy atom. The predicted octanol–water partition coefficient (Wildman–Crippen LogP) is 7.31. The van der Waals surface area contributed by atoms with Crippen LogP contribution < -0.4 is 0 Å². The van der Waals surface area contributed by atoms with E-state index in [-0.39, 0.29) is 0 Å². The lowest BCUT2D eigenvalue weighted by atomic mass is 9.65. The highest BCUT2D eigenvalue weighted by molar-refractivity contribution is 4.93. The first-order valence-corrected chi connectivity index (χ1v) is 8.92. The second-order valence-electron chi connectivity index (χ2n) is 6.38. The monoisotopic (exact) mass is 278 g/mol. The van der Waals surface area contributed by atoms with Crippen LogP contribution in [0.1, 0.15) is 91.4 Å². The van der Waals surface area contributed by atoms with Crippen LogP contribution in [0.25, 0.3) is 0 Å². The second kappa shape index (κ2) is 12.2. The van der Waals surface area contributed by atoms with Crippen molar-refractivity contribution in [3.63, 3.8) is 0 Å². The van der Waals surface area contributed by atoms with E-state index in [1.165, 1.54) is 70.6 Å². The maximum absolute atomic E-state index is 4.03. The normalized spacial score (nSPS) is 15.6. The van der Waals surface area contributed by atoms with E-state index in [0.29, 0.717) is 5.41 Å². The Morgan fingerprint density at radius 3 is 2.10 bits per heavy atom. The van der Waals surface area contributed by atoms with Gasteiger partial charge < -0.3 is 0 Å². The van der Waals surface area contributed by atoms with Crippen molar-refractivity contribution in [3.8, 4) is 0 Å². The molecule has 0 heterocycles. The van der Waals surface area contributed by atoms with E-state index in [0.717, 1.165) is 5.92 Å². The summed E-state index contributed by atoms with van der Waals surface area (Å²) in [6, 6.07) is 0. The zero-order valence-electron chi connectivity index (χ0n) is 14.4. The van der Waals surface area contributed by atoms with Crippen LogP contribution in [-0.2, 0) is 0 Å². The molecule has 0 aromatic heterocycles. The lowest BCUT2D eigenvalue weighted by Crippen LogP contribution is -2.30. The van der Waals surface area contributed by atoms with Crippen LogP contribution in [0.3, 0.4) is 0 Å². The van der Waals surface area contributed by atoms with Gasteiger partial charge >= 0.3 is 0 Å². The molecular weight excluding hydrogens is 240 g/mol. The van der Waals surface area contributed by atoms with Crippen molar-refractivity contribution >= 4 is 0 Å². The van der Waals surface area contributed by atoms with Gasteiger partial charge in [0, 0.05) is 0 Å². The highest BCUT2D eigenvalue weighted by Crippen LogP contribution is 2.45. The molecule has 0 aromatic rings. The molecule has 0 bridgehead atoms. The third-order valence-corrected chi connectivity index (χ3v) is 5.01. The molecule has 0 radical (unpaired) electrons. The van der Waals surface area contributed by atoms with Gasteiger partial charge in [0.05, 0.1) is 0 Å². The Labute approximate surface area is 128 Å². The van der Waals surface area contributed by atoms with Gasteiger partial charge in [-0.15, -0.1) is 13.2 Å². The van der Waals surface area contributed by atoms with Crippen LogP contribution in [-0.4, -0.2) is 0 Å². The standard InChI is InChI=1S/C20H38/c1-6-11-13-14-16-19(15-8-3)20(10-5,17-9-4)18-12-7-2/h8-9,19H,3-4,6-7,10-18H2,1-2,5H3. The zero-order chi connectivity index (χ0) is 15.3. The summed E-state index contributed by atoms with van der Waals surface area (Å²) in [5.41, 5.74) is 0.470. The Bertz CT molecular complexity index is 240. The average Bonchev–Trinajstić information content (AvgIpc) is 2.47. The van der Waals surface area contributed by atoms with Gasteiger partial charge in [0.25, 0.3) is 0 Å². The lowest BCUT2D eigenvalue weighted by molar-refractivity contribution is 0.123. The fourth-order valence-corrected chi connectivity index (χ4v) is 3.59. The van der Waals surface area contributed by atoms with Crippen molar-refractivity contribution in [2.75, 3.05) is 0 Å². The summed E-state index contributed by atoms with van der Waals surface area (Å²) in [6.07, 6.45) is 18.8. The van der Waals surface area contributed by atoms with Crippen LogP contribution >= 0.6 is 0 Å². The predicted molar refractivity (Wildman–Crippen MR) is 94.1 cm³/mol. The van der Waals surface area contributed by atoms with Crippen LogP contribution in [0.15, 0.2) is 25.3 Å². The van der Waals surface area contributed by atoms with Crippen LogP contribution in [0.4, 0.5) is 0 Å². The minimum Gasteiger partial charge on any atom is -0.103 e. The van der Waals surface area contributed by atoms with E-state index in [1.54, 1.807) is 0 Å². The number of rotatable bonds is 14. The number of allylic oxidation sites excluding steroid dienone is 2. The molecule has 118 valence electrons. The topological polar surface area (TPSA) is 0 Å². The molecule has 2 unspecified atom stereocenters. The Morgan fingerprint density at radius 1 is 0.900 bits per heavy atom. The van der Waals surface area contributed by atoms with Crippen molar-refractivity contribution in [1.29, 1.82) is 0 Å². The van der Waals surface area contributed by atoms with Gasteiger partial charge in [0.2, 0.25) is 0 Å². The minimum atomic E-state index is 0.470. The van der Waals surface area contributed by atoms with Crippen molar-refractivity contribution in [1.82, 2.24) is 0 Å². The summed E-state index contributed by atoms with van der Waals surface area (Å²) >= 11 is 0. The van der Waals surface area contributed by atoms with Crippen LogP contribution in [0.5, 0.6) is 0 Å². The van der Waals surface area contributed by atoms with E-state index < -0.39 is 0 Å². The molecule has 2 atom stereocenters. The Kier molecular flexibility index (Phi) is 11.9. The molecule has 0 fully saturated rings. The molecule has 0 aliphatic carbocycles. The largest absolute Gasteiger partial charge is 0.103 e. The molecular formula is C20H38. The molecule has 0 spiro atoms. The van der Waals surface area contributed by atoms with Crippen LogP contribution in [0.2, 0.25) is 0 Å². The smallest absolute Gasteiger partial charge is 0.0234 e. The number of unbranched alkanes of at least 4 members (excludes halogenated alkanes) is 4.